The number of hydrogen-bond acceptors (Lipinski definition) is 4. The van der Waals surface area contributed by atoms with Gasteiger partial charge >= 0.3 is 6.03 Å². The van der Waals surface area contributed by atoms with Crippen molar-refractivity contribution in [1.82, 2.24) is 20.1 Å². The first-order valence-electron chi connectivity index (χ1n) is 8.11. The lowest BCUT2D eigenvalue weighted by molar-refractivity contribution is 0.251. The average Bonchev–Trinajstić information content (AvgIpc) is 3.06. The highest BCUT2D eigenvalue weighted by atomic mass is 32.1. The van der Waals surface area contributed by atoms with Crippen LogP contribution >= 0.6 is 11.3 Å². The maximum Gasteiger partial charge on any atom is 0.320 e. The first-order valence-corrected chi connectivity index (χ1v) is 8.99. The fraction of sp³-hybridized carbons (Fsp3) is 0.588. The summed E-state index contributed by atoms with van der Waals surface area (Å²) in [7, 11) is 0. The van der Waals surface area contributed by atoms with Crippen molar-refractivity contribution in [2.45, 2.75) is 58.9 Å². The Morgan fingerprint density at radius 3 is 2.50 bits per heavy atom. The molecule has 2 heterocycles. The summed E-state index contributed by atoms with van der Waals surface area (Å²) < 4.78 is 1.87. The van der Waals surface area contributed by atoms with Crippen molar-refractivity contribution >= 4 is 23.2 Å². The first kappa shape index (κ1) is 18.4. The van der Waals surface area contributed by atoms with Crippen molar-refractivity contribution in [3.63, 3.8) is 0 Å². The third kappa shape index (κ3) is 4.80. The number of thiazole rings is 1. The molecular weight excluding hydrogens is 322 g/mol. The van der Waals surface area contributed by atoms with E-state index < -0.39 is 0 Å². The number of amides is 2. The molecule has 0 radical (unpaired) electrons. The Balaban J connectivity index is 2.04. The van der Waals surface area contributed by atoms with E-state index in [4.69, 9.17) is 5.10 Å². The maximum absolute atomic E-state index is 12.2. The van der Waals surface area contributed by atoms with Gasteiger partial charge in [0.05, 0.1) is 16.2 Å². The van der Waals surface area contributed by atoms with Crippen LogP contribution in [0.25, 0.3) is 0 Å². The smallest absolute Gasteiger partial charge is 0.320 e. The Morgan fingerprint density at radius 2 is 1.96 bits per heavy atom. The highest BCUT2D eigenvalue weighted by Crippen LogP contribution is 2.28. The van der Waals surface area contributed by atoms with Crippen LogP contribution in [-0.2, 0) is 17.4 Å². The van der Waals surface area contributed by atoms with Crippen LogP contribution in [0.4, 0.5) is 10.6 Å². The van der Waals surface area contributed by atoms with Gasteiger partial charge in [-0.1, -0.05) is 20.8 Å². The second-order valence-corrected chi connectivity index (χ2v) is 8.78. The number of carbonyl (C=O) groups is 1. The molecule has 0 atom stereocenters. The normalized spacial score (nSPS) is 12.2. The van der Waals surface area contributed by atoms with E-state index in [9.17, 15) is 4.79 Å². The third-order valence-electron chi connectivity index (χ3n) is 3.46. The monoisotopic (exact) mass is 349 g/mol. The van der Waals surface area contributed by atoms with Gasteiger partial charge < -0.3 is 5.32 Å². The van der Waals surface area contributed by atoms with Gasteiger partial charge in [-0.3, -0.25) is 5.32 Å². The predicted molar refractivity (Wildman–Crippen MR) is 98.8 cm³/mol. The SMILES string of the molecule is CC(C)(C)c1cc(NC(=O)NCCc2nccs2)n(C(C)(C)C)n1. The van der Waals surface area contributed by atoms with E-state index in [1.54, 1.807) is 17.5 Å². The summed E-state index contributed by atoms with van der Waals surface area (Å²) in [5.74, 6) is 0.708. The molecular formula is C17H27N5OS. The van der Waals surface area contributed by atoms with Gasteiger partial charge in [-0.05, 0) is 20.8 Å². The fourth-order valence-corrected chi connectivity index (χ4v) is 2.79. The molecule has 0 aliphatic rings. The molecule has 0 unspecified atom stereocenters. The van der Waals surface area contributed by atoms with Gasteiger partial charge in [0, 0.05) is 36.0 Å². The van der Waals surface area contributed by atoms with E-state index in [1.165, 1.54) is 0 Å². The zero-order valence-corrected chi connectivity index (χ0v) is 16.1. The quantitative estimate of drug-likeness (QED) is 0.883. The molecule has 2 amide bonds. The van der Waals surface area contributed by atoms with Gasteiger partial charge in [-0.2, -0.15) is 5.10 Å². The standard InChI is InChI=1S/C17H27N5OS/c1-16(2,3)12-11-13(22(21-12)17(4,5)6)20-15(23)19-8-7-14-18-9-10-24-14/h9-11H,7-8H2,1-6H3,(H2,19,20,23). The van der Waals surface area contributed by atoms with E-state index in [0.29, 0.717) is 12.4 Å². The molecule has 132 valence electrons. The lowest BCUT2D eigenvalue weighted by atomic mass is 9.92. The molecule has 24 heavy (non-hydrogen) atoms. The molecule has 7 heteroatoms. The second kappa shape index (κ2) is 6.93. The van der Waals surface area contributed by atoms with Gasteiger partial charge in [0.25, 0.3) is 0 Å². The fourth-order valence-electron chi connectivity index (χ4n) is 2.17. The third-order valence-corrected chi connectivity index (χ3v) is 4.30. The molecule has 2 N–H and O–H groups in total. The molecule has 0 saturated heterocycles. The van der Waals surface area contributed by atoms with Crippen molar-refractivity contribution in [3.8, 4) is 0 Å². The molecule has 0 aliphatic heterocycles. The summed E-state index contributed by atoms with van der Waals surface area (Å²) in [6.45, 7) is 13.1. The van der Waals surface area contributed by atoms with Gasteiger partial charge in [-0.15, -0.1) is 11.3 Å². The van der Waals surface area contributed by atoms with Crippen LogP contribution in [0, 0.1) is 0 Å². The van der Waals surface area contributed by atoms with Crippen LogP contribution in [0.5, 0.6) is 0 Å². The van der Waals surface area contributed by atoms with Crippen LogP contribution in [-0.4, -0.2) is 27.3 Å². The first-order chi connectivity index (χ1) is 11.1. The minimum Gasteiger partial charge on any atom is -0.337 e. The minimum absolute atomic E-state index is 0.0752. The van der Waals surface area contributed by atoms with Crippen molar-refractivity contribution in [2.75, 3.05) is 11.9 Å². The molecule has 0 aliphatic carbocycles. The van der Waals surface area contributed by atoms with Crippen LogP contribution in [0.2, 0.25) is 0 Å². The Hall–Kier alpha value is -1.89. The Kier molecular flexibility index (Phi) is 5.32. The van der Waals surface area contributed by atoms with E-state index in [2.05, 4.69) is 57.2 Å². The molecule has 6 nitrogen and oxygen atoms in total. The Morgan fingerprint density at radius 1 is 1.25 bits per heavy atom. The number of nitrogens with zero attached hydrogens (tertiary/aromatic N) is 3. The van der Waals surface area contributed by atoms with Crippen LogP contribution in [0.15, 0.2) is 17.6 Å². The summed E-state index contributed by atoms with van der Waals surface area (Å²) in [5, 5.41) is 13.4. The zero-order valence-electron chi connectivity index (χ0n) is 15.3. The van der Waals surface area contributed by atoms with E-state index in [0.717, 1.165) is 17.1 Å². The van der Waals surface area contributed by atoms with E-state index in [-0.39, 0.29) is 17.0 Å². The number of anilines is 1. The zero-order chi connectivity index (χ0) is 18.0. The van der Waals surface area contributed by atoms with E-state index in [1.807, 2.05) is 16.1 Å². The molecule has 0 fully saturated rings. The molecule has 0 bridgehead atoms. The summed E-state index contributed by atoms with van der Waals surface area (Å²) in [6.07, 6.45) is 2.51. The number of hydrogen-bond donors (Lipinski definition) is 2. The molecule has 2 aromatic rings. The van der Waals surface area contributed by atoms with Crippen molar-refractivity contribution < 1.29 is 4.79 Å². The average molecular weight is 350 g/mol. The summed E-state index contributed by atoms with van der Waals surface area (Å²) >= 11 is 1.59. The summed E-state index contributed by atoms with van der Waals surface area (Å²) in [6, 6.07) is 1.73. The van der Waals surface area contributed by atoms with Gasteiger partial charge in [0.2, 0.25) is 0 Å². The molecule has 2 aromatic heterocycles. The summed E-state index contributed by atoms with van der Waals surface area (Å²) in [5.41, 5.74) is 0.664. The van der Waals surface area contributed by atoms with Crippen molar-refractivity contribution in [1.29, 1.82) is 0 Å². The van der Waals surface area contributed by atoms with Crippen LogP contribution in [0.1, 0.15) is 52.2 Å². The summed E-state index contributed by atoms with van der Waals surface area (Å²) in [4.78, 5) is 16.4. The molecule has 0 spiro atoms. The Labute approximate surface area is 147 Å². The second-order valence-electron chi connectivity index (χ2n) is 7.80. The van der Waals surface area contributed by atoms with Gasteiger partial charge in [0.15, 0.2) is 0 Å². The molecule has 0 saturated carbocycles. The topological polar surface area (TPSA) is 71.8 Å². The maximum atomic E-state index is 12.2. The van der Waals surface area contributed by atoms with Crippen LogP contribution < -0.4 is 10.6 Å². The highest BCUT2D eigenvalue weighted by molar-refractivity contribution is 7.09. The van der Waals surface area contributed by atoms with Gasteiger partial charge in [-0.25, -0.2) is 14.5 Å². The van der Waals surface area contributed by atoms with Gasteiger partial charge in [0.1, 0.15) is 5.82 Å². The molecule has 0 aromatic carbocycles. The number of rotatable bonds is 4. The largest absolute Gasteiger partial charge is 0.337 e. The van der Waals surface area contributed by atoms with E-state index >= 15 is 0 Å². The number of urea groups is 1. The molecule has 2 rings (SSSR count). The van der Waals surface area contributed by atoms with Crippen LogP contribution in [0.3, 0.4) is 0 Å². The number of aromatic nitrogens is 3. The lowest BCUT2D eigenvalue weighted by Crippen LogP contribution is -2.33. The minimum atomic E-state index is -0.225. The number of carbonyl (C=O) groups excluding carboxylic acids is 1. The highest BCUT2D eigenvalue weighted by Gasteiger charge is 2.25. The van der Waals surface area contributed by atoms with Crippen molar-refractivity contribution in [3.05, 3.63) is 28.3 Å². The lowest BCUT2D eigenvalue weighted by Gasteiger charge is -2.23. The van der Waals surface area contributed by atoms with Crippen molar-refractivity contribution in [2.24, 2.45) is 0 Å². The Bertz CT molecular complexity index is 677. The number of nitrogens with one attached hydrogen (secondary N) is 2. The predicted octanol–water partition coefficient (Wildman–Crippen LogP) is 3.76.